The number of hydrogen-bond acceptors (Lipinski definition) is 5. The highest BCUT2D eigenvalue weighted by Gasteiger charge is 2.21. The van der Waals surface area contributed by atoms with Crippen molar-refractivity contribution in [3.63, 3.8) is 0 Å². The average Bonchev–Trinajstić information content (AvgIpc) is 2.48. The Bertz CT molecular complexity index is 701. The van der Waals surface area contributed by atoms with E-state index in [0.717, 1.165) is 5.56 Å². The highest BCUT2D eigenvalue weighted by Crippen LogP contribution is 2.22. The van der Waals surface area contributed by atoms with Gasteiger partial charge in [-0.2, -0.15) is 0 Å². The van der Waals surface area contributed by atoms with Crippen LogP contribution in [0.5, 0.6) is 0 Å². The molecule has 0 aliphatic rings. The van der Waals surface area contributed by atoms with Crippen LogP contribution in [-0.2, 0) is 21.4 Å². The Morgan fingerprint density at radius 2 is 1.21 bits per heavy atom. The summed E-state index contributed by atoms with van der Waals surface area (Å²) in [6, 6.07) is 8.05. The number of hydrogen-bond donors (Lipinski definition) is 2. The quantitative estimate of drug-likeness (QED) is 0.541. The van der Waals surface area contributed by atoms with Gasteiger partial charge in [0, 0.05) is 0 Å². The number of benzene rings is 1. The summed E-state index contributed by atoms with van der Waals surface area (Å²) in [5.41, 5.74) is 0.855. The van der Waals surface area contributed by atoms with Crippen molar-refractivity contribution in [3.8, 4) is 0 Å². The molecule has 1 rings (SSSR count). The van der Waals surface area contributed by atoms with Crippen LogP contribution >= 0.6 is 0 Å². The molecule has 0 saturated carbocycles. The summed E-state index contributed by atoms with van der Waals surface area (Å²) in [6.07, 6.45) is -1.43. The minimum absolute atomic E-state index is 0.0339. The zero-order valence-electron chi connectivity index (χ0n) is 19.1. The van der Waals surface area contributed by atoms with Crippen molar-refractivity contribution in [2.24, 2.45) is 4.99 Å². The molecule has 1 aromatic rings. The van der Waals surface area contributed by atoms with Gasteiger partial charge in [0.1, 0.15) is 11.2 Å². The van der Waals surface area contributed by atoms with Crippen molar-refractivity contribution in [2.45, 2.75) is 85.5 Å². The average molecular weight is 406 g/mol. The number of rotatable bonds is 2. The first-order valence-electron chi connectivity index (χ1n) is 9.69. The van der Waals surface area contributed by atoms with Crippen LogP contribution in [0.1, 0.15) is 73.4 Å². The van der Waals surface area contributed by atoms with E-state index in [1.807, 2.05) is 24.3 Å². The second kappa shape index (κ2) is 9.29. The van der Waals surface area contributed by atoms with E-state index in [9.17, 15) is 9.59 Å². The fourth-order valence-corrected chi connectivity index (χ4v) is 2.19. The maximum Gasteiger partial charge on any atom is 0.414 e. The maximum atomic E-state index is 12.1. The van der Waals surface area contributed by atoms with Crippen molar-refractivity contribution in [3.05, 3.63) is 35.4 Å². The molecule has 7 heteroatoms. The van der Waals surface area contributed by atoms with Crippen molar-refractivity contribution in [2.75, 3.05) is 0 Å². The number of guanidine groups is 1. The van der Waals surface area contributed by atoms with Crippen molar-refractivity contribution >= 4 is 18.1 Å². The molecule has 0 aliphatic heterocycles. The molecular formula is C22H35N3O4. The first kappa shape index (κ1) is 24.5. The van der Waals surface area contributed by atoms with E-state index >= 15 is 0 Å². The number of carbonyl (C=O) groups excluding carboxylic acids is 2. The summed E-state index contributed by atoms with van der Waals surface area (Å²) in [5.74, 6) is -0.0339. The maximum absolute atomic E-state index is 12.1. The Kier molecular flexibility index (Phi) is 7.83. The highest BCUT2D eigenvalue weighted by molar-refractivity contribution is 6.01. The van der Waals surface area contributed by atoms with Crippen molar-refractivity contribution in [1.82, 2.24) is 10.6 Å². The standard InChI is InChI=1S/C22H35N3O4/c1-20(2,3)16-12-10-15(11-13-16)14-23-17(24-18(26)28-21(4,5)6)25-19(27)29-22(7,8)9/h10-13H,14H2,1-9H3,(H2,23,24,25,26,27). The molecule has 2 amide bonds. The van der Waals surface area contributed by atoms with Crippen LogP contribution < -0.4 is 10.6 Å². The molecule has 7 nitrogen and oxygen atoms in total. The Labute approximate surface area is 174 Å². The summed E-state index contributed by atoms with van der Waals surface area (Å²) in [6.45, 7) is 17.2. The van der Waals surface area contributed by atoms with E-state index in [2.05, 4.69) is 36.4 Å². The molecule has 0 bridgehead atoms. The number of amides is 2. The minimum Gasteiger partial charge on any atom is -0.444 e. The SMILES string of the molecule is CC(C)(C)OC(=O)NC(=NCc1ccc(C(C)(C)C)cc1)NC(=O)OC(C)(C)C. The van der Waals surface area contributed by atoms with Gasteiger partial charge in [0.2, 0.25) is 5.96 Å². The first-order valence-corrected chi connectivity index (χ1v) is 9.69. The lowest BCUT2D eigenvalue weighted by molar-refractivity contribution is 0.0545. The third-order valence-corrected chi connectivity index (χ3v) is 3.48. The molecule has 2 N–H and O–H groups in total. The number of alkyl carbamates (subject to hydrolysis) is 2. The monoisotopic (exact) mass is 405 g/mol. The van der Waals surface area contributed by atoms with Gasteiger partial charge in [0.25, 0.3) is 0 Å². The van der Waals surface area contributed by atoms with Gasteiger partial charge in [0.15, 0.2) is 0 Å². The Morgan fingerprint density at radius 1 is 0.793 bits per heavy atom. The number of carbonyl (C=O) groups is 2. The normalized spacial score (nSPS) is 12.0. The molecule has 1 aromatic carbocycles. The second-order valence-electron chi connectivity index (χ2n) is 9.87. The van der Waals surface area contributed by atoms with Crippen molar-refractivity contribution < 1.29 is 19.1 Å². The highest BCUT2D eigenvalue weighted by atomic mass is 16.6. The zero-order valence-corrected chi connectivity index (χ0v) is 19.1. The molecular weight excluding hydrogens is 370 g/mol. The lowest BCUT2D eigenvalue weighted by atomic mass is 9.87. The minimum atomic E-state index is -0.713. The van der Waals surface area contributed by atoms with E-state index in [1.165, 1.54) is 5.56 Å². The molecule has 0 radical (unpaired) electrons. The summed E-state index contributed by atoms with van der Waals surface area (Å²) < 4.78 is 10.5. The first-order chi connectivity index (χ1) is 13.0. The smallest absolute Gasteiger partial charge is 0.414 e. The molecule has 0 saturated heterocycles. The molecule has 29 heavy (non-hydrogen) atoms. The van der Waals surface area contributed by atoms with E-state index in [-0.39, 0.29) is 17.9 Å². The van der Waals surface area contributed by atoms with Gasteiger partial charge >= 0.3 is 12.2 Å². The van der Waals surface area contributed by atoms with Gasteiger partial charge in [-0.3, -0.25) is 10.6 Å². The van der Waals surface area contributed by atoms with Crippen LogP contribution in [0.15, 0.2) is 29.3 Å². The topological polar surface area (TPSA) is 89.0 Å². The molecule has 0 unspecified atom stereocenters. The van der Waals surface area contributed by atoms with Crippen LogP contribution in [0.25, 0.3) is 0 Å². The van der Waals surface area contributed by atoms with Crippen LogP contribution in [-0.4, -0.2) is 29.3 Å². The third kappa shape index (κ3) is 10.5. The van der Waals surface area contributed by atoms with Gasteiger partial charge in [0.05, 0.1) is 6.54 Å². The van der Waals surface area contributed by atoms with Crippen LogP contribution in [0.4, 0.5) is 9.59 Å². The van der Waals surface area contributed by atoms with E-state index < -0.39 is 23.4 Å². The van der Waals surface area contributed by atoms with Gasteiger partial charge in [-0.25, -0.2) is 14.6 Å². The van der Waals surface area contributed by atoms with Gasteiger partial charge in [-0.05, 0) is 58.1 Å². The molecule has 162 valence electrons. The predicted molar refractivity (Wildman–Crippen MR) is 115 cm³/mol. The van der Waals surface area contributed by atoms with Crippen LogP contribution in [0.3, 0.4) is 0 Å². The second-order valence-corrected chi connectivity index (χ2v) is 9.87. The Hall–Kier alpha value is -2.57. The molecule has 0 fully saturated rings. The van der Waals surface area contributed by atoms with Crippen molar-refractivity contribution in [1.29, 1.82) is 0 Å². The predicted octanol–water partition coefficient (Wildman–Crippen LogP) is 4.89. The fourth-order valence-electron chi connectivity index (χ4n) is 2.19. The van der Waals surface area contributed by atoms with Gasteiger partial charge < -0.3 is 9.47 Å². The van der Waals surface area contributed by atoms with E-state index in [4.69, 9.17) is 9.47 Å². The number of nitrogens with one attached hydrogen (secondary N) is 2. The lowest BCUT2D eigenvalue weighted by Crippen LogP contribution is -2.47. The summed E-state index contributed by atoms with van der Waals surface area (Å²) in [7, 11) is 0. The summed E-state index contributed by atoms with van der Waals surface area (Å²) >= 11 is 0. The van der Waals surface area contributed by atoms with Crippen LogP contribution in [0.2, 0.25) is 0 Å². The number of nitrogens with zero attached hydrogens (tertiary/aromatic N) is 1. The molecule has 0 aliphatic carbocycles. The third-order valence-electron chi connectivity index (χ3n) is 3.48. The largest absolute Gasteiger partial charge is 0.444 e. The zero-order chi connectivity index (χ0) is 22.5. The van der Waals surface area contributed by atoms with Crippen LogP contribution in [0, 0.1) is 0 Å². The fraction of sp³-hybridized carbons (Fsp3) is 0.591. The Balaban J connectivity index is 2.93. The van der Waals surface area contributed by atoms with Gasteiger partial charge in [-0.1, -0.05) is 45.0 Å². The molecule has 0 heterocycles. The lowest BCUT2D eigenvalue weighted by Gasteiger charge is -2.22. The summed E-state index contributed by atoms with van der Waals surface area (Å²) in [5, 5.41) is 4.95. The number of ether oxygens (including phenoxy) is 2. The molecule has 0 aromatic heterocycles. The number of aliphatic imine (C=N–C) groups is 1. The summed E-state index contributed by atoms with van der Waals surface area (Å²) in [4.78, 5) is 28.5. The van der Waals surface area contributed by atoms with Gasteiger partial charge in [-0.15, -0.1) is 0 Å². The molecule has 0 atom stereocenters. The van der Waals surface area contributed by atoms with E-state index in [0.29, 0.717) is 0 Å². The Morgan fingerprint density at radius 3 is 1.55 bits per heavy atom. The van der Waals surface area contributed by atoms with E-state index in [1.54, 1.807) is 41.5 Å². The molecule has 0 spiro atoms.